The van der Waals surface area contributed by atoms with Crippen LogP contribution >= 0.6 is 0 Å². The zero-order valence-electron chi connectivity index (χ0n) is 18.3. The highest BCUT2D eigenvalue weighted by molar-refractivity contribution is 6.06. The van der Waals surface area contributed by atoms with Gasteiger partial charge in [0.15, 0.2) is 23.1 Å². The van der Waals surface area contributed by atoms with Gasteiger partial charge in [-0.1, -0.05) is 20.3 Å². The molecule has 0 saturated heterocycles. The standard InChI is InChI=1S/C23H20F5NO5/c1-4-11(2)9-17(30)33-21-12(3)29(16-10-15(24)20(31)19(25)18(16)21)22(32)13-5-7-14(8-6-13)34-23(26,27)28/h5-8,10-11,31H,4,9H2,1-3H3. The van der Waals surface area contributed by atoms with Crippen molar-refractivity contribution in [2.24, 2.45) is 5.92 Å². The molecule has 0 amide bonds. The predicted molar refractivity (Wildman–Crippen MR) is 111 cm³/mol. The summed E-state index contributed by atoms with van der Waals surface area (Å²) in [4.78, 5) is 25.5. The summed E-state index contributed by atoms with van der Waals surface area (Å²) in [6.07, 6.45) is -4.27. The number of aromatic hydroxyl groups is 1. The lowest BCUT2D eigenvalue weighted by Gasteiger charge is -2.11. The number of phenols is 1. The summed E-state index contributed by atoms with van der Waals surface area (Å²) in [5.74, 6) is -6.68. The van der Waals surface area contributed by atoms with Crippen LogP contribution < -0.4 is 9.47 Å². The molecule has 0 spiro atoms. The van der Waals surface area contributed by atoms with Crippen LogP contribution in [0.5, 0.6) is 17.2 Å². The van der Waals surface area contributed by atoms with Crippen LogP contribution in [0.4, 0.5) is 22.0 Å². The number of aromatic nitrogens is 1. The molecule has 3 aromatic rings. The number of benzene rings is 2. The van der Waals surface area contributed by atoms with Crippen LogP contribution in [0.25, 0.3) is 10.9 Å². The van der Waals surface area contributed by atoms with E-state index >= 15 is 0 Å². The Balaban J connectivity index is 2.11. The summed E-state index contributed by atoms with van der Waals surface area (Å²) in [7, 11) is 0. The van der Waals surface area contributed by atoms with Gasteiger partial charge in [-0.15, -0.1) is 13.2 Å². The van der Waals surface area contributed by atoms with Gasteiger partial charge in [0, 0.05) is 18.1 Å². The number of phenolic OH excluding ortho intramolecular Hbond substituents is 1. The Morgan fingerprint density at radius 1 is 1.15 bits per heavy atom. The van der Waals surface area contributed by atoms with Crippen molar-refractivity contribution < 1.29 is 46.1 Å². The number of carbonyl (C=O) groups is 2. The molecule has 0 radical (unpaired) electrons. The maximum Gasteiger partial charge on any atom is 0.573 e. The van der Waals surface area contributed by atoms with Crippen molar-refractivity contribution >= 4 is 22.8 Å². The second kappa shape index (κ2) is 9.32. The van der Waals surface area contributed by atoms with Crippen LogP contribution in [0.2, 0.25) is 0 Å². The molecule has 3 rings (SSSR count). The van der Waals surface area contributed by atoms with E-state index in [2.05, 4.69) is 4.74 Å². The number of ether oxygens (including phenoxy) is 2. The molecular formula is C23H20F5NO5. The van der Waals surface area contributed by atoms with Crippen molar-refractivity contribution in [1.82, 2.24) is 4.57 Å². The normalized spacial score (nSPS) is 12.6. The van der Waals surface area contributed by atoms with Crippen molar-refractivity contribution in [3.8, 4) is 17.2 Å². The van der Waals surface area contributed by atoms with E-state index in [9.17, 15) is 36.6 Å². The fourth-order valence-electron chi connectivity index (χ4n) is 3.35. The molecule has 0 aliphatic rings. The molecule has 6 nitrogen and oxygen atoms in total. The van der Waals surface area contributed by atoms with Crippen LogP contribution in [0.1, 0.15) is 42.7 Å². The Morgan fingerprint density at radius 3 is 2.32 bits per heavy atom. The molecular weight excluding hydrogens is 465 g/mol. The smallest absolute Gasteiger partial charge is 0.503 e. The lowest BCUT2D eigenvalue weighted by Crippen LogP contribution is -2.17. The monoisotopic (exact) mass is 485 g/mol. The first-order valence-electron chi connectivity index (χ1n) is 10.2. The Kier molecular flexibility index (Phi) is 6.85. The number of alkyl halides is 3. The van der Waals surface area contributed by atoms with E-state index in [1.165, 1.54) is 6.92 Å². The molecule has 0 fully saturated rings. The maximum absolute atomic E-state index is 14.8. The molecule has 1 aromatic heterocycles. The second-order valence-electron chi connectivity index (χ2n) is 7.73. The van der Waals surface area contributed by atoms with Crippen LogP contribution in [0.3, 0.4) is 0 Å². The molecule has 182 valence electrons. The molecule has 1 heterocycles. The van der Waals surface area contributed by atoms with E-state index < -0.39 is 46.8 Å². The number of carbonyl (C=O) groups excluding carboxylic acids is 2. The summed E-state index contributed by atoms with van der Waals surface area (Å²) >= 11 is 0. The van der Waals surface area contributed by atoms with E-state index in [1.807, 2.05) is 6.92 Å². The quantitative estimate of drug-likeness (QED) is 0.350. The maximum atomic E-state index is 14.8. The molecule has 0 bridgehead atoms. The minimum absolute atomic E-state index is 0.00791. The van der Waals surface area contributed by atoms with Crippen LogP contribution in [-0.4, -0.2) is 27.9 Å². The second-order valence-corrected chi connectivity index (χ2v) is 7.73. The summed E-state index contributed by atoms with van der Waals surface area (Å²) in [5.41, 5.74) is -0.546. The Morgan fingerprint density at radius 2 is 1.76 bits per heavy atom. The third-order valence-corrected chi connectivity index (χ3v) is 5.27. The van der Waals surface area contributed by atoms with Gasteiger partial charge in [0.1, 0.15) is 5.75 Å². The topological polar surface area (TPSA) is 77.8 Å². The molecule has 0 aliphatic carbocycles. The average molecular weight is 485 g/mol. The van der Waals surface area contributed by atoms with Crippen molar-refractivity contribution in [3.63, 3.8) is 0 Å². The summed E-state index contributed by atoms with van der Waals surface area (Å²) < 4.78 is 76.1. The van der Waals surface area contributed by atoms with Gasteiger partial charge in [0.2, 0.25) is 0 Å². The SMILES string of the molecule is CCC(C)CC(=O)Oc1c(C)n(C(=O)c2ccc(OC(F)(F)F)cc2)c2cc(F)c(O)c(F)c12. The predicted octanol–water partition coefficient (Wildman–Crippen LogP) is 5.86. The zero-order valence-corrected chi connectivity index (χ0v) is 18.3. The molecule has 1 N–H and O–H groups in total. The minimum Gasteiger partial charge on any atom is -0.503 e. The number of esters is 1. The van der Waals surface area contributed by atoms with Gasteiger partial charge in [-0.25, -0.2) is 8.78 Å². The van der Waals surface area contributed by atoms with Gasteiger partial charge in [0.05, 0.1) is 16.6 Å². The molecule has 0 aliphatic heterocycles. The van der Waals surface area contributed by atoms with E-state index in [4.69, 9.17) is 4.74 Å². The summed E-state index contributed by atoms with van der Waals surface area (Å²) in [5, 5.41) is 9.25. The number of hydrogen-bond donors (Lipinski definition) is 1. The van der Waals surface area contributed by atoms with E-state index in [0.29, 0.717) is 12.5 Å². The van der Waals surface area contributed by atoms with Crippen molar-refractivity contribution in [2.75, 3.05) is 0 Å². The van der Waals surface area contributed by atoms with Crippen molar-refractivity contribution in [1.29, 1.82) is 0 Å². The molecule has 1 unspecified atom stereocenters. The molecule has 2 aromatic carbocycles. The molecule has 1 atom stereocenters. The van der Waals surface area contributed by atoms with Crippen LogP contribution in [-0.2, 0) is 4.79 Å². The number of rotatable bonds is 6. The fraction of sp³-hybridized carbons (Fsp3) is 0.304. The third-order valence-electron chi connectivity index (χ3n) is 5.27. The molecule has 11 heteroatoms. The van der Waals surface area contributed by atoms with Gasteiger partial charge in [-0.2, -0.15) is 0 Å². The number of halogens is 5. The Hall–Kier alpha value is -3.63. The first-order chi connectivity index (χ1) is 15.8. The first kappa shape index (κ1) is 25.0. The van der Waals surface area contributed by atoms with Crippen LogP contribution in [0.15, 0.2) is 30.3 Å². The fourth-order valence-corrected chi connectivity index (χ4v) is 3.35. The van der Waals surface area contributed by atoms with Crippen LogP contribution in [0, 0.1) is 24.5 Å². The molecule has 0 saturated carbocycles. The van der Waals surface area contributed by atoms with E-state index in [1.54, 1.807) is 6.92 Å². The Labute approximate surface area is 190 Å². The van der Waals surface area contributed by atoms with E-state index in [0.717, 1.165) is 28.8 Å². The largest absolute Gasteiger partial charge is 0.573 e. The van der Waals surface area contributed by atoms with Crippen molar-refractivity contribution in [3.05, 3.63) is 53.2 Å². The summed E-state index contributed by atoms with van der Waals surface area (Å²) in [6, 6.07) is 4.59. The first-order valence-corrected chi connectivity index (χ1v) is 10.2. The number of nitrogens with zero attached hydrogens (tertiary/aromatic N) is 1. The zero-order chi connectivity index (χ0) is 25.4. The highest BCUT2D eigenvalue weighted by atomic mass is 19.4. The van der Waals surface area contributed by atoms with E-state index in [-0.39, 0.29) is 34.9 Å². The van der Waals surface area contributed by atoms with Gasteiger partial charge < -0.3 is 14.6 Å². The summed E-state index contributed by atoms with van der Waals surface area (Å²) in [6.45, 7) is 4.98. The van der Waals surface area contributed by atoms with Gasteiger partial charge in [0.25, 0.3) is 5.91 Å². The lowest BCUT2D eigenvalue weighted by molar-refractivity contribution is -0.274. The van der Waals surface area contributed by atoms with Crippen molar-refractivity contribution in [2.45, 2.75) is 40.0 Å². The highest BCUT2D eigenvalue weighted by Crippen LogP contribution is 2.40. The molecule has 34 heavy (non-hydrogen) atoms. The third kappa shape index (κ3) is 4.97. The minimum atomic E-state index is -4.93. The van der Waals surface area contributed by atoms with Gasteiger partial charge in [-0.3, -0.25) is 14.2 Å². The average Bonchev–Trinajstić information content (AvgIpc) is 3.01. The Bertz CT molecular complexity index is 1250. The van der Waals surface area contributed by atoms with Gasteiger partial charge >= 0.3 is 12.3 Å². The lowest BCUT2D eigenvalue weighted by atomic mass is 10.1. The van der Waals surface area contributed by atoms with Gasteiger partial charge in [-0.05, 0) is 37.1 Å². The number of fused-ring (bicyclic) bond motifs is 1. The highest BCUT2D eigenvalue weighted by Gasteiger charge is 2.32. The number of hydrogen-bond acceptors (Lipinski definition) is 5.